The van der Waals surface area contributed by atoms with Gasteiger partial charge in [-0.25, -0.2) is 9.97 Å². The molecule has 3 heterocycles. The van der Waals surface area contributed by atoms with Gasteiger partial charge in [-0.1, -0.05) is 30.3 Å². The molecule has 0 N–H and O–H groups in total. The number of hydrogen-bond donors (Lipinski definition) is 0. The lowest BCUT2D eigenvalue weighted by Crippen LogP contribution is -2.35. The third-order valence-electron chi connectivity index (χ3n) is 4.00. The number of benzene rings is 1. The van der Waals surface area contributed by atoms with Crippen LogP contribution in [0.15, 0.2) is 42.6 Å². The van der Waals surface area contributed by atoms with Gasteiger partial charge in [0.2, 0.25) is 5.95 Å². The second-order valence-electron chi connectivity index (χ2n) is 5.62. The van der Waals surface area contributed by atoms with E-state index >= 15 is 0 Å². The van der Waals surface area contributed by atoms with Crippen LogP contribution in [0.4, 0.5) is 19.1 Å². The Kier molecular flexibility index (Phi) is 3.63. The maximum atomic E-state index is 12.8. The van der Waals surface area contributed by atoms with Crippen molar-refractivity contribution < 1.29 is 13.2 Å². The summed E-state index contributed by atoms with van der Waals surface area (Å²) in [5.74, 6) is 1.47. The molecular weight excluding hydrogens is 333 g/mol. The van der Waals surface area contributed by atoms with Crippen LogP contribution in [0.2, 0.25) is 0 Å². The molecule has 0 atom stereocenters. The van der Waals surface area contributed by atoms with Crippen LogP contribution in [0.5, 0.6) is 0 Å². The van der Waals surface area contributed by atoms with E-state index in [0.717, 1.165) is 23.7 Å². The molecule has 0 radical (unpaired) electrons. The third kappa shape index (κ3) is 2.92. The lowest BCUT2D eigenvalue weighted by Gasteiger charge is -2.28. The summed E-state index contributed by atoms with van der Waals surface area (Å²) in [5.41, 5.74) is -0.000432. The molecule has 0 aliphatic carbocycles. The molecule has 1 aromatic carbocycles. The van der Waals surface area contributed by atoms with Crippen LogP contribution in [-0.2, 0) is 19.3 Å². The van der Waals surface area contributed by atoms with E-state index in [1.54, 1.807) is 4.90 Å². The standard InChI is InChI=1S/C16H13F3N6/c17-16(18,19)12-6-7-20-15(21-12)24-8-9-25-13(10-24)22-23-14(25)11-4-2-1-3-5-11/h1-7H,8-10H2. The molecule has 0 saturated carbocycles. The second-order valence-corrected chi connectivity index (χ2v) is 5.62. The van der Waals surface area contributed by atoms with E-state index in [1.165, 1.54) is 0 Å². The van der Waals surface area contributed by atoms with Gasteiger partial charge in [0.25, 0.3) is 0 Å². The Morgan fingerprint density at radius 2 is 1.76 bits per heavy atom. The molecule has 0 unspecified atom stereocenters. The summed E-state index contributed by atoms with van der Waals surface area (Å²) in [4.78, 5) is 9.28. The Bertz CT molecular complexity index is 890. The van der Waals surface area contributed by atoms with Crippen LogP contribution in [0.25, 0.3) is 11.4 Å². The van der Waals surface area contributed by atoms with E-state index in [2.05, 4.69) is 20.2 Å². The molecule has 2 aromatic heterocycles. The molecule has 3 aromatic rings. The molecule has 4 rings (SSSR count). The van der Waals surface area contributed by atoms with Gasteiger partial charge in [0, 0.05) is 24.8 Å². The lowest BCUT2D eigenvalue weighted by atomic mass is 10.2. The highest BCUT2D eigenvalue weighted by atomic mass is 19.4. The van der Waals surface area contributed by atoms with Crippen LogP contribution < -0.4 is 4.90 Å². The highest BCUT2D eigenvalue weighted by Gasteiger charge is 2.33. The van der Waals surface area contributed by atoms with Gasteiger partial charge in [0.1, 0.15) is 5.69 Å². The Labute approximate surface area is 141 Å². The minimum Gasteiger partial charge on any atom is -0.331 e. The van der Waals surface area contributed by atoms with Crippen LogP contribution in [0.1, 0.15) is 11.5 Å². The Morgan fingerprint density at radius 1 is 0.960 bits per heavy atom. The van der Waals surface area contributed by atoms with Crippen molar-refractivity contribution in [3.63, 3.8) is 0 Å². The number of anilines is 1. The zero-order valence-electron chi connectivity index (χ0n) is 13.0. The number of fused-ring (bicyclic) bond motifs is 1. The zero-order valence-corrected chi connectivity index (χ0v) is 13.0. The quantitative estimate of drug-likeness (QED) is 0.714. The fourth-order valence-electron chi connectivity index (χ4n) is 2.79. The van der Waals surface area contributed by atoms with Crippen molar-refractivity contribution in [1.82, 2.24) is 24.7 Å². The highest BCUT2D eigenvalue weighted by molar-refractivity contribution is 5.55. The van der Waals surface area contributed by atoms with E-state index in [-0.39, 0.29) is 5.95 Å². The Balaban J connectivity index is 1.62. The topological polar surface area (TPSA) is 59.7 Å². The molecule has 128 valence electrons. The average Bonchev–Trinajstić information content (AvgIpc) is 3.05. The van der Waals surface area contributed by atoms with E-state index in [9.17, 15) is 13.2 Å². The van der Waals surface area contributed by atoms with Crippen molar-refractivity contribution in [2.75, 3.05) is 11.4 Å². The molecule has 25 heavy (non-hydrogen) atoms. The molecule has 6 nitrogen and oxygen atoms in total. The Morgan fingerprint density at radius 3 is 2.52 bits per heavy atom. The SMILES string of the molecule is FC(F)(F)c1ccnc(N2CCn3c(nnc3-c3ccccc3)C2)n1. The van der Waals surface area contributed by atoms with Crippen molar-refractivity contribution >= 4 is 5.95 Å². The van der Waals surface area contributed by atoms with Gasteiger partial charge in [-0.05, 0) is 6.07 Å². The molecule has 1 aliphatic rings. The summed E-state index contributed by atoms with van der Waals surface area (Å²) < 4.78 is 40.5. The first-order valence-electron chi connectivity index (χ1n) is 7.65. The molecule has 0 saturated heterocycles. The van der Waals surface area contributed by atoms with Crippen molar-refractivity contribution in [2.45, 2.75) is 19.3 Å². The van der Waals surface area contributed by atoms with Gasteiger partial charge in [-0.3, -0.25) is 0 Å². The van der Waals surface area contributed by atoms with Gasteiger partial charge in [0.15, 0.2) is 11.6 Å². The van der Waals surface area contributed by atoms with Crippen LogP contribution in [-0.4, -0.2) is 31.3 Å². The minimum absolute atomic E-state index is 0.0466. The average molecular weight is 346 g/mol. The van der Waals surface area contributed by atoms with Crippen molar-refractivity contribution in [1.29, 1.82) is 0 Å². The van der Waals surface area contributed by atoms with Crippen LogP contribution in [0, 0.1) is 0 Å². The minimum atomic E-state index is -4.49. The largest absolute Gasteiger partial charge is 0.433 e. The first-order valence-corrected chi connectivity index (χ1v) is 7.65. The maximum Gasteiger partial charge on any atom is 0.433 e. The van der Waals surface area contributed by atoms with Gasteiger partial charge in [-0.2, -0.15) is 13.2 Å². The van der Waals surface area contributed by atoms with E-state index in [1.807, 2.05) is 34.9 Å². The second kappa shape index (κ2) is 5.83. The third-order valence-corrected chi connectivity index (χ3v) is 4.00. The highest BCUT2D eigenvalue weighted by Crippen LogP contribution is 2.29. The molecule has 0 spiro atoms. The Hall–Kier alpha value is -2.97. The smallest absolute Gasteiger partial charge is 0.331 e. The molecule has 0 amide bonds. The van der Waals surface area contributed by atoms with Gasteiger partial charge in [-0.15, -0.1) is 10.2 Å². The number of halogens is 3. The zero-order chi connectivity index (χ0) is 17.4. The van der Waals surface area contributed by atoms with Crippen LogP contribution >= 0.6 is 0 Å². The predicted molar refractivity (Wildman–Crippen MR) is 83.5 cm³/mol. The van der Waals surface area contributed by atoms with Crippen molar-refractivity contribution in [2.24, 2.45) is 0 Å². The van der Waals surface area contributed by atoms with E-state index in [0.29, 0.717) is 25.5 Å². The van der Waals surface area contributed by atoms with E-state index in [4.69, 9.17) is 0 Å². The summed E-state index contributed by atoms with van der Waals surface area (Å²) in [7, 11) is 0. The fraction of sp³-hybridized carbons (Fsp3) is 0.250. The number of nitrogens with zero attached hydrogens (tertiary/aromatic N) is 6. The molecular formula is C16H13F3N6. The molecule has 1 aliphatic heterocycles. The van der Waals surface area contributed by atoms with Crippen molar-refractivity contribution in [3.05, 3.63) is 54.1 Å². The summed E-state index contributed by atoms with van der Waals surface area (Å²) >= 11 is 0. The van der Waals surface area contributed by atoms with Gasteiger partial charge < -0.3 is 9.47 Å². The fourth-order valence-corrected chi connectivity index (χ4v) is 2.79. The van der Waals surface area contributed by atoms with E-state index < -0.39 is 11.9 Å². The maximum absolute atomic E-state index is 12.8. The molecule has 9 heteroatoms. The summed E-state index contributed by atoms with van der Waals surface area (Å²) in [6.45, 7) is 1.33. The van der Waals surface area contributed by atoms with Crippen molar-refractivity contribution in [3.8, 4) is 11.4 Å². The molecule has 0 bridgehead atoms. The van der Waals surface area contributed by atoms with Gasteiger partial charge >= 0.3 is 6.18 Å². The first-order chi connectivity index (χ1) is 12.0. The number of alkyl halides is 3. The first kappa shape index (κ1) is 15.6. The number of hydrogen-bond acceptors (Lipinski definition) is 5. The predicted octanol–water partition coefficient (Wildman–Crippen LogP) is 2.77. The monoisotopic (exact) mass is 346 g/mol. The summed E-state index contributed by atoms with van der Waals surface area (Å²) in [6, 6.07) is 10.5. The number of aromatic nitrogens is 5. The normalized spacial score (nSPS) is 14.4. The molecule has 0 fully saturated rings. The van der Waals surface area contributed by atoms with Crippen LogP contribution in [0.3, 0.4) is 0 Å². The lowest BCUT2D eigenvalue weighted by molar-refractivity contribution is -0.141. The number of rotatable bonds is 2. The summed E-state index contributed by atoms with van der Waals surface area (Å²) in [5, 5.41) is 8.39. The van der Waals surface area contributed by atoms with Gasteiger partial charge in [0.05, 0.1) is 6.54 Å². The summed E-state index contributed by atoms with van der Waals surface area (Å²) in [6.07, 6.45) is -3.37.